The lowest BCUT2D eigenvalue weighted by Crippen LogP contribution is -2.33. The van der Waals surface area contributed by atoms with E-state index in [9.17, 15) is 0 Å². The molecule has 2 unspecified atom stereocenters. The molecule has 2 heteroatoms. The molecule has 1 saturated heterocycles. The first-order valence-electron chi connectivity index (χ1n) is 5.76. The van der Waals surface area contributed by atoms with E-state index in [0.29, 0.717) is 5.41 Å². The number of nitrogens with zero attached hydrogens (tertiary/aromatic N) is 2. The maximum absolute atomic E-state index is 8.77. The highest BCUT2D eigenvalue weighted by molar-refractivity contribution is 5.02. The maximum atomic E-state index is 8.77. The SMILES string of the molecule is CC1CC(C)N(CC2(CC#N)CC2)C1. The lowest BCUT2D eigenvalue weighted by atomic mass is 10.0. The number of likely N-dealkylation sites (tertiary alicyclic amines) is 1. The third kappa shape index (κ3) is 1.93. The molecule has 0 aromatic rings. The van der Waals surface area contributed by atoms with E-state index in [1.165, 1.54) is 32.4 Å². The van der Waals surface area contributed by atoms with Gasteiger partial charge in [0.15, 0.2) is 0 Å². The van der Waals surface area contributed by atoms with Crippen LogP contribution in [0, 0.1) is 22.7 Å². The second kappa shape index (κ2) is 3.55. The minimum absolute atomic E-state index is 0.396. The van der Waals surface area contributed by atoms with Gasteiger partial charge in [0.1, 0.15) is 0 Å². The Morgan fingerprint density at radius 3 is 2.57 bits per heavy atom. The fourth-order valence-corrected chi connectivity index (χ4v) is 2.77. The van der Waals surface area contributed by atoms with Gasteiger partial charge in [-0.15, -0.1) is 0 Å². The predicted molar refractivity (Wildman–Crippen MR) is 56.7 cm³/mol. The highest BCUT2D eigenvalue weighted by Gasteiger charge is 2.45. The first kappa shape index (κ1) is 9.98. The van der Waals surface area contributed by atoms with E-state index in [0.717, 1.165) is 18.4 Å². The lowest BCUT2D eigenvalue weighted by molar-refractivity contribution is 0.212. The fraction of sp³-hybridized carbons (Fsp3) is 0.917. The van der Waals surface area contributed by atoms with E-state index >= 15 is 0 Å². The molecule has 2 aliphatic rings. The number of hydrogen-bond donors (Lipinski definition) is 0. The quantitative estimate of drug-likeness (QED) is 0.686. The van der Waals surface area contributed by atoms with Crippen molar-refractivity contribution in [3.8, 4) is 6.07 Å². The van der Waals surface area contributed by atoms with Crippen LogP contribution >= 0.6 is 0 Å². The zero-order valence-corrected chi connectivity index (χ0v) is 9.29. The second-order valence-corrected chi connectivity index (χ2v) is 5.45. The van der Waals surface area contributed by atoms with Gasteiger partial charge in [-0.25, -0.2) is 0 Å². The van der Waals surface area contributed by atoms with Crippen molar-refractivity contribution >= 4 is 0 Å². The van der Waals surface area contributed by atoms with Crippen molar-refractivity contribution in [2.75, 3.05) is 13.1 Å². The molecule has 0 radical (unpaired) electrons. The Hall–Kier alpha value is -0.550. The molecule has 0 amide bonds. The minimum Gasteiger partial charge on any atom is -0.300 e. The zero-order valence-electron chi connectivity index (χ0n) is 9.29. The van der Waals surface area contributed by atoms with Crippen LogP contribution in [-0.4, -0.2) is 24.0 Å². The summed E-state index contributed by atoms with van der Waals surface area (Å²) in [6.07, 6.45) is 4.66. The molecule has 2 atom stereocenters. The molecule has 0 bridgehead atoms. The van der Waals surface area contributed by atoms with E-state index in [1.54, 1.807) is 0 Å². The smallest absolute Gasteiger partial charge is 0.0628 e. The molecule has 0 aromatic carbocycles. The van der Waals surface area contributed by atoms with Crippen molar-refractivity contribution in [2.24, 2.45) is 11.3 Å². The second-order valence-electron chi connectivity index (χ2n) is 5.45. The Morgan fingerprint density at radius 1 is 1.43 bits per heavy atom. The van der Waals surface area contributed by atoms with Crippen LogP contribution in [-0.2, 0) is 0 Å². The number of hydrogen-bond acceptors (Lipinski definition) is 2. The molecule has 1 saturated carbocycles. The van der Waals surface area contributed by atoms with Crippen LogP contribution < -0.4 is 0 Å². The average molecular weight is 192 g/mol. The third-order valence-corrected chi connectivity index (χ3v) is 3.86. The monoisotopic (exact) mass is 192 g/mol. The molecule has 14 heavy (non-hydrogen) atoms. The molecule has 0 N–H and O–H groups in total. The van der Waals surface area contributed by atoms with Crippen LogP contribution in [0.2, 0.25) is 0 Å². The van der Waals surface area contributed by atoms with Gasteiger partial charge in [0.2, 0.25) is 0 Å². The van der Waals surface area contributed by atoms with Gasteiger partial charge in [0.05, 0.1) is 6.07 Å². The molecular formula is C12H20N2. The summed E-state index contributed by atoms with van der Waals surface area (Å²) in [7, 11) is 0. The summed E-state index contributed by atoms with van der Waals surface area (Å²) < 4.78 is 0. The largest absolute Gasteiger partial charge is 0.300 e. The highest BCUT2D eigenvalue weighted by Crippen LogP contribution is 2.50. The van der Waals surface area contributed by atoms with Crippen molar-refractivity contribution in [3.63, 3.8) is 0 Å². The standard InChI is InChI=1S/C12H20N2/c1-10-7-11(2)14(8-10)9-12(3-4-12)5-6-13/h10-11H,3-5,7-9H2,1-2H3. The number of nitriles is 1. The van der Waals surface area contributed by atoms with Crippen molar-refractivity contribution < 1.29 is 0 Å². The van der Waals surface area contributed by atoms with Crippen molar-refractivity contribution in [1.82, 2.24) is 4.90 Å². The molecule has 0 spiro atoms. The van der Waals surface area contributed by atoms with Gasteiger partial charge in [-0.3, -0.25) is 4.90 Å². The van der Waals surface area contributed by atoms with Crippen LogP contribution in [0.1, 0.15) is 39.5 Å². The van der Waals surface area contributed by atoms with Gasteiger partial charge in [-0.1, -0.05) is 6.92 Å². The first-order valence-corrected chi connectivity index (χ1v) is 5.76. The molecule has 1 aliphatic heterocycles. The first-order chi connectivity index (χ1) is 6.65. The third-order valence-electron chi connectivity index (χ3n) is 3.86. The van der Waals surface area contributed by atoms with E-state index in [-0.39, 0.29) is 0 Å². The Bertz CT molecular complexity index is 250. The van der Waals surface area contributed by atoms with Gasteiger partial charge in [-0.2, -0.15) is 5.26 Å². The summed E-state index contributed by atoms with van der Waals surface area (Å²) in [6, 6.07) is 3.08. The molecule has 1 aliphatic carbocycles. The Labute approximate surface area is 86.9 Å². The molecule has 0 aromatic heterocycles. The molecule has 78 valence electrons. The van der Waals surface area contributed by atoms with E-state index in [1.807, 2.05) is 0 Å². The van der Waals surface area contributed by atoms with Crippen molar-refractivity contribution in [2.45, 2.75) is 45.6 Å². The molecule has 2 rings (SSSR count). The predicted octanol–water partition coefficient (Wildman–Crippen LogP) is 2.41. The summed E-state index contributed by atoms with van der Waals surface area (Å²) in [5.74, 6) is 0.850. The van der Waals surface area contributed by atoms with Gasteiger partial charge < -0.3 is 0 Å². The summed E-state index contributed by atoms with van der Waals surface area (Å²) in [6.45, 7) is 7.08. The fourth-order valence-electron chi connectivity index (χ4n) is 2.77. The Morgan fingerprint density at radius 2 is 2.14 bits per heavy atom. The van der Waals surface area contributed by atoms with Crippen molar-refractivity contribution in [1.29, 1.82) is 5.26 Å². The number of rotatable bonds is 3. The van der Waals surface area contributed by atoms with Crippen LogP contribution in [0.15, 0.2) is 0 Å². The van der Waals surface area contributed by atoms with Gasteiger partial charge in [0, 0.05) is 25.6 Å². The van der Waals surface area contributed by atoms with Crippen molar-refractivity contribution in [3.05, 3.63) is 0 Å². The van der Waals surface area contributed by atoms with E-state index < -0.39 is 0 Å². The van der Waals surface area contributed by atoms with Crippen LogP contribution in [0.4, 0.5) is 0 Å². The summed E-state index contributed by atoms with van der Waals surface area (Å²) in [5.41, 5.74) is 0.396. The lowest BCUT2D eigenvalue weighted by Gasteiger charge is -2.25. The average Bonchev–Trinajstić information content (AvgIpc) is 2.77. The van der Waals surface area contributed by atoms with Gasteiger partial charge >= 0.3 is 0 Å². The minimum atomic E-state index is 0.396. The molecule has 2 fully saturated rings. The topological polar surface area (TPSA) is 27.0 Å². The normalized spacial score (nSPS) is 35.5. The van der Waals surface area contributed by atoms with Gasteiger partial charge in [0.25, 0.3) is 0 Å². The maximum Gasteiger partial charge on any atom is 0.0628 e. The van der Waals surface area contributed by atoms with Crippen LogP contribution in [0.3, 0.4) is 0 Å². The molecule has 2 nitrogen and oxygen atoms in total. The van der Waals surface area contributed by atoms with Crippen LogP contribution in [0.25, 0.3) is 0 Å². The van der Waals surface area contributed by atoms with E-state index in [2.05, 4.69) is 24.8 Å². The Kier molecular flexibility index (Phi) is 2.53. The van der Waals surface area contributed by atoms with Crippen LogP contribution in [0.5, 0.6) is 0 Å². The Balaban J connectivity index is 1.89. The summed E-state index contributed by atoms with van der Waals surface area (Å²) in [5, 5.41) is 8.77. The highest BCUT2D eigenvalue weighted by atomic mass is 15.2. The molecule has 1 heterocycles. The summed E-state index contributed by atoms with van der Waals surface area (Å²) >= 11 is 0. The molecular weight excluding hydrogens is 172 g/mol. The van der Waals surface area contributed by atoms with Gasteiger partial charge in [-0.05, 0) is 37.5 Å². The zero-order chi connectivity index (χ0) is 10.2. The summed E-state index contributed by atoms with van der Waals surface area (Å²) in [4.78, 5) is 2.59. The van der Waals surface area contributed by atoms with E-state index in [4.69, 9.17) is 5.26 Å².